The van der Waals surface area contributed by atoms with E-state index in [1.165, 1.54) is 22.2 Å². The summed E-state index contributed by atoms with van der Waals surface area (Å²) >= 11 is 7.45. The fourth-order valence-electron chi connectivity index (χ4n) is 2.99. The van der Waals surface area contributed by atoms with Crippen LogP contribution in [-0.4, -0.2) is 26.8 Å². The van der Waals surface area contributed by atoms with Gasteiger partial charge in [-0.3, -0.25) is 9.36 Å². The number of thiophene rings is 1. The van der Waals surface area contributed by atoms with Crippen LogP contribution in [0.15, 0.2) is 53.4 Å². The minimum Gasteiger partial charge on any atom is -0.473 e. The Hall–Kier alpha value is -2.95. The molecule has 3 aromatic rings. The van der Waals surface area contributed by atoms with Crippen molar-refractivity contribution in [3.05, 3.63) is 73.8 Å². The molecule has 0 saturated heterocycles. The molecule has 0 aliphatic carbocycles. The average molecular weight is 450 g/mol. The third-order valence-corrected chi connectivity index (χ3v) is 5.97. The van der Waals surface area contributed by atoms with Crippen LogP contribution in [0.25, 0.3) is 0 Å². The number of nitrogens with two attached hydrogens (primary N) is 1. The molecule has 1 aliphatic rings. The molecular weight excluding hydrogens is 433 g/mol. The second-order valence-electron chi connectivity index (χ2n) is 6.57. The second kappa shape index (κ2) is 8.42. The summed E-state index contributed by atoms with van der Waals surface area (Å²) in [5.74, 6) is 0.178. The molecule has 1 atom stereocenters. The molecule has 0 fully saturated rings. The lowest BCUT2D eigenvalue weighted by Gasteiger charge is -2.25. The van der Waals surface area contributed by atoms with Crippen LogP contribution in [0.4, 0.5) is 10.1 Å². The topological polar surface area (TPSA) is 104 Å². The summed E-state index contributed by atoms with van der Waals surface area (Å²) in [6.07, 6.45) is 0.962. The van der Waals surface area contributed by atoms with Crippen LogP contribution in [0.3, 0.4) is 0 Å². The van der Waals surface area contributed by atoms with Gasteiger partial charge in [0.05, 0.1) is 29.3 Å². The molecular formula is C19H17ClFN5O3S. The van der Waals surface area contributed by atoms with E-state index in [4.69, 9.17) is 22.1 Å². The lowest BCUT2D eigenvalue weighted by Crippen LogP contribution is -2.29. The Balaban J connectivity index is 1.51. The molecule has 30 heavy (non-hydrogen) atoms. The molecule has 11 heteroatoms. The summed E-state index contributed by atoms with van der Waals surface area (Å²) in [6.45, 7) is 0.256. The van der Waals surface area contributed by atoms with Gasteiger partial charge >= 0.3 is 5.69 Å². The number of benzene rings is 1. The van der Waals surface area contributed by atoms with Gasteiger partial charge in [0, 0.05) is 11.4 Å². The van der Waals surface area contributed by atoms with E-state index >= 15 is 0 Å². The number of nitrogens with zero attached hydrogens (tertiary/aromatic N) is 3. The zero-order valence-electron chi connectivity index (χ0n) is 15.5. The van der Waals surface area contributed by atoms with Crippen LogP contribution < -0.4 is 21.5 Å². The number of fused-ring (bicyclic) bond motifs is 1. The van der Waals surface area contributed by atoms with Gasteiger partial charge in [0.15, 0.2) is 0 Å². The number of amides is 1. The Bertz CT molecular complexity index is 1190. The van der Waals surface area contributed by atoms with E-state index in [9.17, 15) is 14.0 Å². The quantitative estimate of drug-likeness (QED) is 0.602. The van der Waals surface area contributed by atoms with Crippen molar-refractivity contribution < 1.29 is 13.9 Å². The van der Waals surface area contributed by atoms with Crippen molar-refractivity contribution in [1.29, 1.82) is 0 Å². The van der Waals surface area contributed by atoms with Gasteiger partial charge in [0.2, 0.25) is 6.10 Å². The minimum atomic E-state index is -0.809. The lowest BCUT2D eigenvalue weighted by molar-refractivity contribution is -0.123. The number of hydrogen-bond acceptors (Lipinski definition) is 6. The van der Waals surface area contributed by atoms with Crippen LogP contribution in [0.5, 0.6) is 5.75 Å². The molecule has 3 N–H and O–H groups in total. The SMILES string of the molecule is NC/C(=C\F)Cn1ncn(Cc2ccc(C3Oc4cccc(Cl)c4NC3=O)s2)c1=O. The van der Waals surface area contributed by atoms with Crippen LogP contribution in [0.1, 0.15) is 15.9 Å². The number of nitrogens with one attached hydrogen (secondary N) is 1. The normalized spacial score (nSPS) is 16.2. The van der Waals surface area contributed by atoms with E-state index in [2.05, 4.69) is 10.4 Å². The Kier molecular flexibility index (Phi) is 5.71. The Morgan fingerprint density at radius 1 is 1.37 bits per heavy atom. The third kappa shape index (κ3) is 3.89. The van der Waals surface area contributed by atoms with Gasteiger partial charge in [0.1, 0.15) is 17.8 Å². The molecule has 156 valence electrons. The van der Waals surface area contributed by atoms with Crippen molar-refractivity contribution in [3.63, 3.8) is 0 Å². The number of rotatable bonds is 6. The van der Waals surface area contributed by atoms with Gasteiger partial charge in [-0.05, 0) is 29.8 Å². The van der Waals surface area contributed by atoms with E-state index in [1.54, 1.807) is 24.3 Å². The maximum atomic E-state index is 12.7. The molecule has 0 spiro atoms. The van der Waals surface area contributed by atoms with Crippen LogP contribution in [0, 0.1) is 0 Å². The Morgan fingerprint density at radius 3 is 2.97 bits per heavy atom. The number of halogens is 2. The first-order valence-electron chi connectivity index (χ1n) is 8.95. The number of ether oxygens (including phenoxy) is 1. The van der Waals surface area contributed by atoms with E-state index in [1.807, 2.05) is 6.07 Å². The van der Waals surface area contributed by atoms with Crippen LogP contribution in [-0.2, 0) is 17.9 Å². The molecule has 1 aromatic carbocycles. The molecule has 4 rings (SSSR count). The fraction of sp³-hybridized carbons (Fsp3) is 0.211. The summed E-state index contributed by atoms with van der Waals surface area (Å²) in [6, 6.07) is 8.76. The number of aromatic nitrogens is 3. The molecule has 1 amide bonds. The summed E-state index contributed by atoms with van der Waals surface area (Å²) in [7, 11) is 0. The largest absolute Gasteiger partial charge is 0.473 e. The number of carbonyl (C=O) groups excluding carboxylic acids is 1. The summed E-state index contributed by atoms with van der Waals surface area (Å²) in [5, 5.41) is 7.18. The van der Waals surface area contributed by atoms with Crippen molar-refractivity contribution in [2.45, 2.75) is 19.2 Å². The van der Waals surface area contributed by atoms with Crippen LogP contribution >= 0.6 is 22.9 Å². The van der Waals surface area contributed by atoms with E-state index < -0.39 is 6.10 Å². The maximum Gasteiger partial charge on any atom is 0.346 e. The number of anilines is 1. The Labute approximate surface area is 179 Å². The lowest BCUT2D eigenvalue weighted by atomic mass is 10.2. The average Bonchev–Trinajstić information content (AvgIpc) is 3.34. The van der Waals surface area contributed by atoms with Crippen molar-refractivity contribution in [2.24, 2.45) is 5.73 Å². The first kappa shape index (κ1) is 20.3. The number of carbonyl (C=O) groups is 1. The summed E-state index contributed by atoms with van der Waals surface area (Å²) in [5.41, 5.74) is 5.76. The molecule has 1 unspecified atom stereocenters. The number of para-hydroxylation sites is 1. The zero-order valence-corrected chi connectivity index (χ0v) is 17.1. The molecule has 0 radical (unpaired) electrons. The first-order chi connectivity index (χ1) is 14.5. The van der Waals surface area contributed by atoms with Gasteiger partial charge in [-0.1, -0.05) is 17.7 Å². The van der Waals surface area contributed by atoms with E-state index in [0.29, 0.717) is 27.7 Å². The second-order valence-corrected chi connectivity index (χ2v) is 8.18. The van der Waals surface area contributed by atoms with Gasteiger partial charge in [-0.25, -0.2) is 13.9 Å². The third-order valence-electron chi connectivity index (χ3n) is 4.54. The Morgan fingerprint density at radius 2 is 2.20 bits per heavy atom. The predicted molar refractivity (Wildman–Crippen MR) is 112 cm³/mol. The highest BCUT2D eigenvalue weighted by Crippen LogP contribution is 2.40. The number of hydrogen-bond donors (Lipinski definition) is 2. The highest BCUT2D eigenvalue weighted by molar-refractivity contribution is 7.12. The summed E-state index contributed by atoms with van der Waals surface area (Å²) < 4.78 is 21.1. The van der Waals surface area contributed by atoms with Gasteiger partial charge in [-0.2, -0.15) is 5.10 Å². The van der Waals surface area contributed by atoms with Gasteiger partial charge in [-0.15, -0.1) is 11.3 Å². The maximum absolute atomic E-state index is 12.7. The molecule has 1 aliphatic heterocycles. The fourth-order valence-corrected chi connectivity index (χ4v) is 4.25. The van der Waals surface area contributed by atoms with Crippen molar-refractivity contribution >= 4 is 34.5 Å². The van der Waals surface area contributed by atoms with E-state index in [0.717, 1.165) is 9.56 Å². The smallest absolute Gasteiger partial charge is 0.346 e. The highest BCUT2D eigenvalue weighted by atomic mass is 35.5. The van der Waals surface area contributed by atoms with Crippen LogP contribution in [0.2, 0.25) is 5.02 Å². The van der Waals surface area contributed by atoms with Crippen molar-refractivity contribution in [2.75, 3.05) is 11.9 Å². The molecule has 0 saturated carbocycles. The molecule has 0 bridgehead atoms. The minimum absolute atomic E-state index is 0.00186. The zero-order chi connectivity index (χ0) is 21.3. The molecule has 3 heterocycles. The summed E-state index contributed by atoms with van der Waals surface area (Å²) in [4.78, 5) is 26.5. The standard InChI is InChI=1S/C19H17ClFN5O3S/c20-13-2-1-3-14-16(13)24-18(27)17(29-14)15-5-4-12(30-15)9-25-10-23-26(19(25)28)8-11(6-21)7-22/h1-6,10,17H,7-9,22H2,(H,24,27)/b11-6+. The predicted octanol–water partition coefficient (Wildman–Crippen LogP) is 2.69. The first-order valence-corrected chi connectivity index (χ1v) is 10.1. The molecule has 8 nitrogen and oxygen atoms in total. The van der Waals surface area contributed by atoms with Crippen molar-refractivity contribution in [1.82, 2.24) is 14.3 Å². The monoisotopic (exact) mass is 449 g/mol. The van der Waals surface area contributed by atoms with E-state index in [-0.39, 0.29) is 36.8 Å². The molecule has 2 aromatic heterocycles. The van der Waals surface area contributed by atoms with Gasteiger partial charge in [0.25, 0.3) is 5.91 Å². The van der Waals surface area contributed by atoms with Crippen molar-refractivity contribution in [3.8, 4) is 5.75 Å². The highest BCUT2D eigenvalue weighted by Gasteiger charge is 2.31. The van der Waals surface area contributed by atoms with Gasteiger partial charge < -0.3 is 15.8 Å².